The summed E-state index contributed by atoms with van der Waals surface area (Å²) < 4.78 is 0. The van der Waals surface area contributed by atoms with Gasteiger partial charge in [-0.3, -0.25) is 9.59 Å². The molecule has 24 heavy (non-hydrogen) atoms. The van der Waals surface area contributed by atoms with E-state index >= 15 is 0 Å². The first-order chi connectivity index (χ1) is 11.6. The normalized spacial score (nSPS) is 18.9. The van der Waals surface area contributed by atoms with Crippen molar-refractivity contribution in [2.75, 3.05) is 32.4 Å². The Morgan fingerprint density at radius 1 is 1.08 bits per heavy atom. The summed E-state index contributed by atoms with van der Waals surface area (Å²) in [6.45, 7) is 2.41. The lowest BCUT2D eigenvalue weighted by molar-refractivity contribution is -0.136. The first-order valence-corrected chi connectivity index (χ1v) is 10.1. The Labute approximate surface area is 152 Å². The van der Waals surface area contributed by atoms with Crippen LogP contribution in [0.1, 0.15) is 36.0 Å². The van der Waals surface area contributed by atoms with E-state index in [1.54, 1.807) is 17.8 Å². The average Bonchev–Trinajstić information content (AvgIpc) is 3.16. The number of thioether (sulfide) groups is 1. The van der Waals surface area contributed by atoms with Gasteiger partial charge in [0.1, 0.15) is 0 Å². The largest absolute Gasteiger partial charge is 0.339 e. The molecule has 130 valence electrons. The SMILES string of the molecule is CSc1ccc(Cl)c(C(=O)N2CCN(C(=O)C3CCCC3)CC2)c1. The van der Waals surface area contributed by atoms with Crippen LogP contribution in [-0.2, 0) is 4.79 Å². The molecule has 0 unspecified atom stereocenters. The Morgan fingerprint density at radius 3 is 2.33 bits per heavy atom. The lowest BCUT2D eigenvalue weighted by Crippen LogP contribution is -2.51. The number of rotatable bonds is 3. The van der Waals surface area contributed by atoms with Gasteiger partial charge in [-0.25, -0.2) is 0 Å². The maximum absolute atomic E-state index is 12.8. The van der Waals surface area contributed by atoms with E-state index in [4.69, 9.17) is 11.6 Å². The number of hydrogen-bond donors (Lipinski definition) is 0. The van der Waals surface area contributed by atoms with Gasteiger partial charge in [0.05, 0.1) is 10.6 Å². The van der Waals surface area contributed by atoms with Gasteiger partial charge in [0.15, 0.2) is 0 Å². The molecular formula is C18H23ClN2O2S. The average molecular weight is 367 g/mol. The third-order valence-electron chi connectivity index (χ3n) is 4.99. The zero-order valence-electron chi connectivity index (χ0n) is 14.0. The molecule has 3 rings (SSSR count). The van der Waals surface area contributed by atoms with Crippen molar-refractivity contribution in [1.29, 1.82) is 0 Å². The van der Waals surface area contributed by atoms with Crippen molar-refractivity contribution in [2.24, 2.45) is 5.92 Å². The zero-order chi connectivity index (χ0) is 17.1. The third-order valence-corrected chi connectivity index (χ3v) is 6.04. The van der Waals surface area contributed by atoms with Gasteiger partial charge in [0, 0.05) is 37.0 Å². The van der Waals surface area contributed by atoms with Gasteiger partial charge < -0.3 is 9.80 Å². The van der Waals surface area contributed by atoms with Crippen molar-refractivity contribution >= 4 is 35.2 Å². The molecule has 4 nitrogen and oxygen atoms in total. The van der Waals surface area contributed by atoms with E-state index in [1.165, 1.54) is 12.8 Å². The fourth-order valence-electron chi connectivity index (χ4n) is 3.53. The fourth-order valence-corrected chi connectivity index (χ4v) is 4.16. The van der Waals surface area contributed by atoms with Crippen molar-refractivity contribution in [1.82, 2.24) is 9.80 Å². The first kappa shape index (κ1) is 17.6. The van der Waals surface area contributed by atoms with Crippen LogP contribution in [0, 0.1) is 5.92 Å². The van der Waals surface area contributed by atoms with Crippen LogP contribution in [0.5, 0.6) is 0 Å². The van der Waals surface area contributed by atoms with Gasteiger partial charge in [-0.2, -0.15) is 0 Å². The van der Waals surface area contributed by atoms with E-state index in [0.717, 1.165) is 17.7 Å². The summed E-state index contributed by atoms with van der Waals surface area (Å²) >= 11 is 7.80. The Morgan fingerprint density at radius 2 is 1.71 bits per heavy atom. The molecule has 2 aliphatic rings. The molecule has 0 atom stereocenters. The molecule has 1 aliphatic heterocycles. The van der Waals surface area contributed by atoms with E-state index in [-0.39, 0.29) is 17.7 Å². The topological polar surface area (TPSA) is 40.6 Å². The monoisotopic (exact) mass is 366 g/mol. The molecule has 0 aromatic heterocycles. The van der Waals surface area contributed by atoms with E-state index in [1.807, 2.05) is 28.2 Å². The van der Waals surface area contributed by atoms with Crippen LogP contribution in [0.3, 0.4) is 0 Å². The van der Waals surface area contributed by atoms with Crippen LogP contribution in [0.2, 0.25) is 5.02 Å². The van der Waals surface area contributed by atoms with Crippen LogP contribution in [0.4, 0.5) is 0 Å². The highest BCUT2D eigenvalue weighted by molar-refractivity contribution is 7.98. The summed E-state index contributed by atoms with van der Waals surface area (Å²) in [5.41, 5.74) is 0.555. The summed E-state index contributed by atoms with van der Waals surface area (Å²) in [5.74, 6) is 0.450. The second kappa shape index (κ2) is 7.79. The van der Waals surface area contributed by atoms with Crippen molar-refractivity contribution < 1.29 is 9.59 Å². The number of piperazine rings is 1. The highest BCUT2D eigenvalue weighted by Gasteiger charge is 2.31. The fraction of sp³-hybridized carbons (Fsp3) is 0.556. The number of carbonyl (C=O) groups is 2. The Kier molecular flexibility index (Phi) is 5.72. The molecule has 0 N–H and O–H groups in total. The maximum atomic E-state index is 12.8. The Balaban J connectivity index is 1.62. The van der Waals surface area contributed by atoms with Crippen LogP contribution < -0.4 is 0 Å². The minimum atomic E-state index is -0.0381. The van der Waals surface area contributed by atoms with Crippen LogP contribution in [-0.4, -0.2) is 54.0 Å². The van der Waals surface area contributed by atoms with Crippen molar-refractivity contribution in [2.45, 2.75) is 30.6 Å². The number of amides is 2. The molecule has 1 saturated carbocycles. The van der Waals surface area contributed by atoms with Crippen molar-refractivity contribution in [3.05, 3.63) is 28.8 Å². The third kappa shape index (κ3) is 3.72. The second-order valence-electron chi connectivity index (χ2n) is 6.44. The minimum absolute atomic E-state index is 0.0381. The number of carbonyl (C=O) groups excluding carboxylic acids is 2. The molecule has 2 amide bonds. The van der Waals surface area contributed by atoms with Gasteiger partial charge >= 0.3 is 0 Å². The zero-order valence-corrected chi connectivity index (χ0v) is 15.5. The number of hydrogen-bond acceptors (Lipinski definition) is 3. The first-order valence-electron chi connectivity index (χ1n) is 8.51. The lowest BCUT2D eigenvalue weighted by atomic mass is 10.1. The molecule has 1 heterocycles. The van der Waals surface area contributed by atoms with Crippen molar-refractivity contribution in [3.63, 3.8) is 0 Å². The molecule has 1 aromatic carbocycles. The summed E-state index contributed by atoms with van der Waals surface area (Å²) in [6, 6.07) is 5.55. The molecule has 0 bridgehead atoms. The van der Waals surface area contributed by atoms with Crippen LogP contribution in [0.15, 0.2) is 23.1 Å². The van der Waals surface area contributed by atoms with Gasteiger partial charge in [-0.15, -0.1) is 11.8 Å². The second-order valence-corrected chi connectivity index (χ2v) is 7.73. The summed E-state index contributed by atoms with van der Waals surface area (Å²) in [5, 5.41) is 0.488. The predicted molar refractivity (Wildman–Crippen MR) is 97.7 cm³/mol. The summed E-state index contributed by atoms with van der Waals surface area (Å²) in [7, 11) is 0. The summed E-state index contributed by atoms with van der Waals surface area (Å²) in [6.07, 6.45) is 6.35. The van der Waals surface area contributed by atoms with Crippen molar-refractivity contribution in [3.8, 4) is 0 Å². The van der Waals surface area contributed by atoms with E-state index < -0.39 is 0 Å². The number of benzene rings is 1. The lowest BCUT2D eigenvalue weighted by Gasteiger charge is -2.36. The quantitative estimate of drug-likeness (QED) is 0.768. The molecule has 6 heteroatoms. The molecule has 0 spiro atoms. The van der Waals surface area contributed by atoms with Gasteiger partial charge in [0.25, 0.3) is 5.91 Å². The smallest absolute Gasteiger partial charge is 0.255 e. The number of nitrogens with zero attached hydrogens (tertiary/aromatic N) is 2. The molecule has 1 aromatic rings. The van der Waals surface area contributed by atoms with Crippen LogP contribution >= 0.6 is 23.4 Å². The summed E-state index contributed by atoms with van der Waals surface area (Å²) in [4.78, 5) is 30.0. The molecule has 1 saturated heterocycles. The predicted octanol–water partition coefficient (Wildman–Crippen LogP) is 3.54. The van der Waals surface area contributed by atoms with Gasteiger partial charge in [-0.1, -0.05) is 24.4 Å². The van der Waals surface area contributed by atoms with Gasteiger partial charge in [-0.05, 0) is 37.3 Å². The van der Waals surface area contributed by atoms with Crippen LogP contribution in [0.25, 0.3) is 0 Å². The highest BCUT2D eigenvalue weighted by atomic mass is 35.5. The molecule has 0 radical (unpaired) electrons. The standard InChI is InChI=1S/C18H23ClN2O2S/c1-24-14-6-7-16(19)15(12-14)18(23)21-10-8-20(9-11-21)17(22)13-4-2-3-5-13/h6-7,12-13H,2-5,8-11H2,1H3. The Bertz CT molecular complexity index is 623. The Hall–Kier alpha value is -1.20. The number of halogens is 1. The maximum Gasteiger partial charge on any atom is 0.255 e. The highest BCUT2D eigenvalue weighted by Crippen LogP contribution is 2.28. The van der Waals surface area contributed by atoms with E-state index in [9.17, 15) is 9.59 Å². The van der Waals surface area contributed by atoms with E-state index in [0.29, 0.717) is 36.8 Å². The minimum Gasteiger partial charge on any atom is -0.339 e. The van der Waals surface area contributed by atoms with Gasteiger partial charge in [0.2, 0.25) is 5.91 Å². The van der Waals surface area contributed by atoms with E-state index in [2.05, 4.69) is 0 Å². The molecule has 2 fully saturated rings. The molecule has 1 aliphatic carbocycles. The molecular weight excluding hydrogens is 344 g/mol.